The number of hydrogen-bond acceptors (Lipinski definition) is 5. The van der Waals surface area contributed by atoms with Crippen LogP contribution in [-0.4, -0.2) is 31.7 Å². The van der Waals surface area contributed by atoms with Crippen molar-refractivity contribution >= 4 is 27.9 Å². The third-order valence-electron chi connectivity index (χ3n) is 5.02. The number of sulfone groups is 1. The number of rotatable bonds is 7. The summed E-state index contributed by atoms with van der Waals surface area (Å²) in [7, 11) is -3.25. The maximum Gasteiger partial charge on any atom is 0.232 e. The molecule has 0 radical (unpaired) electrons. The standard InChI is InChI=1S/C18H22N2O4S/c19-11-20-18(22)17(10-12-1-4-14(21)9-12)13-2-5-15(6-3-13)25(23,24)16-7-8-16/h2-3,5-6,11-12,16-17H,1,4,7-10H2,(H2,19,20,22). The number of benzene rings is 1. The average molecular weight is 362 g/mol. The van der Waals surface area contributed by atoms with E-state index in [1.807, 2.05) is 0 Å². The lowest BCUT2D eigenvalue weighted by Crippen LogP contribution is -2.29. The van der Waals surface area contributed by atoms with Crippen LogP contribution >= 0.6 is 0 Å². The third kappa shape index (κ3) is 3.98. The van der Waals surface area contributed by atoms with E-state index in [1.54, 1.807) is 24.3 Å². The van der Waals surface area contributed by atoms with E-state index in [9.17, 15) is 18.0 Å². The van der Waals surface area contributed by atoms with Gasteiger partial charge in [0.2, 0.25) is 5.91 Å². The van der Waals surface area contributed by atoms with E-state index in [2.05, 4.69) is 5.32 Å². The number of carbonyl (C=O) groups is 2. The molecular formula is C18H22N2O4S. The van der Waals surface area contributed by atoms with Crippen molar-refractivity contribution in [1.29, 1.82) is 5.41 Å². The number of hydrogen-bond donors (Lipinski definition) is 2. The maximum absolute atomic E-state index is 12.3. The average Bonchev–Trinajstić information content (AvgIpc) is 3.37. The lowest BCUT2D eigenvalue weighted by atomic mass is 9.87. The Kier molecular flexibility index (Phi) is 5.03. The van der Waals surface area contributed by atoms with Crippen molar-refractivity contribution in [2.24, 2.45) is 5.92 Å². The zero-order valence-corrected chi connectivity index (χ0v) is 14.7. The Balaban J connectivity index is 1.81. The summed E-state index contributed by atoms with van der Waals surface area (Å²) in [6.45, 7) is 0. The first-order chi connectivity index (χ1) is 11.9. The van der Waals surface area contributed by atoms with E-state index in [1.165, 1.54) is 0 Å². The monoisotopic (exact) mass is 362 g/mol. The molecule has 1 aromatic carbocycles. The van der Waals surface area contributed by atoms with Crippen LogP contribution in [0.25, 0.3) is 0 Å². The molecule has 25 heavy (non-hydrogen) atoms. The Labute approximate surface area is 147 Å². The largest absolute Gasteiger partial charge is 0.317 e. The van der Waals surface area contributed by atoms with E-state index >= 15 is 0 Å². The van der Waals surface area contributed by atoms with Gasteiger partial charge in [-0.1, -0.05) is 12.1 Å². The minimum absolute atomic E-state index is 0.156. The lowest BCUT2D eigenvalue weighted by Gasteiger charge is -2.19. The van der Waals surface area contributed by atoms with Crippen molar-refractivity contribution in [3.05, 3.63) is 29.8 Å². The Hall–Kier alpha value is -2.02. The van der Waals surface area contributed by atoms with Gasteiger partial charge in [0.05, 0.1) is 22.4 Å². The minimum Gasteiger partial charge on any atom is -0.317 e. The molecule has 0 bridgehead atoms. The quantitative estimate of drug-likeness (QED) is 0.573. The van der Waals surface area contributed by atoms with Crippen LogP contribution in [0.15, 0.2) is 29.2 Å². The summed E-state index contributed by atoms with van der Waals surface area (Å²) < 4.78 is 24.6. The molecule has 2 saturated carbocycles. The van der Waals surface area contributed by atoms with Crippen LogP contribution in [0.1, 0.15) is 50.0 Å². The molecule has 7 heteroatoms. The molecule has 134 valence electrons. The summed E-state index contributed by atoms with van der Waals surface area (Å²) in [6.07, 6.45) is 4.63. The summed E-state index contributed by atoms with van der Waals surface area (Å²) in [6, 6.07) is 6.49. The SMILES string of the molecule is N=CNC(=O)C(CC1CCC(=O)C1)c1ccc(S(=O)(=O)C2CC2)cc1. The first-order valence-corrected chi connectivity index (χ1v) is 10.1. The van der Waals surface area contributed by atoms with Crippen LogP contribution < -0.4 is 5.32 Å². The van der Waals surface area contributed by atoms with Crippen LogP contribution in [0.4, 0.5) is 0 Å². The summed E-state index contributed by atoms with van der Waals surface area (Å²) >= 11 is 0. The molecule has 2 atom stereocenters. The first-order valence-electron chi connectivity index (χ1n) is 8.56. The second-order valence-electron chi connectivity index (χ2n) is 6.90. The predicted octanol–water partition coefficient (Wildman–Crippen LogP) is 2.19. The highest BCUT2D eigenvalue weighted by atomic mass is 32.2. The van der Waals surface area contributed by atoms with Crippen molar-refractivity contribution in [3.63, 3.8) is 0 Å². The van der Waals surface area contributed by atoms with Gasteiger partial charge in [-0.2, -0.15) is 0 Å². The molecule has 0 aliphatic heterocycles. The maximum atomic E-state index is 12.3. The van der Waals surface area contributed by atoms with E-state index in [-0.39, 0.29) is 22.9 Å². The Morgan fingerprint density at radius 2 is 1.92 bits per heavy atom. The molecule has 1 amide bonds. The van der Waals surface area contributed by atoms with Crippen LogP contribution in [0.2, 0.25) is 0 Å². The molecular weight excluding hydrogens is 340 g/mol. The lowest BCUT2D eigenvalue weighted by molar-refractivity contribution is -0.122. The molecule has 0 saturated heterocycles. The predicted molar refractivity (Wildman–Crippen MR) is 93.3 cm³/mol. The second kappa shape index (κ2) is 7.07. The van der Waals surface area contributed by atoms with Crippen molar-refractivity contribution in [2.75, 3.05) is 0 Å². The van der Waals surface area contributed by atoms with Gasteiger partial charge in [0.1, 0.15) is 5.78 Å². The van der Waals surface area contributed by atoms with Crippen LogP contribution in [-0.2, 0) is 19.4 Å². The molecule has 3 rings (SSSR count). The van der Waals surface area contributed by atoms with Crippen molar-refractivity contribution in [1.82, 2.24) is 5.32 Å². The summed E-state index contributed by atoms with van der Waals surface area (Å²) in [5.41, 5.74) is 0.716. The fourth-order valence-corrected chi connectivity index (χ4v) is 5.11. The highest BCUT2D eigenvalue weighted by Crippen LogP contribution is 2.36. The van der Waals surface area contributed by atoms with Gasteiger partial charge in [0.25, 0.3) is 0 Å². The molecule has 2 aliphatic carbocycles. The van der Waals surface area contributed by atoms with Crippen molar-refractivity contribution in [2.45, 2.75) is 54.6 Å². The molecule has 0 heterocycles. The topological polar surface area (TPSA) is 104 Å². The van der Waals surface area contributed by atoms with E-state index in [4.69, 9.17) is 5.41 Å². The van der Waals surface area contributed by atoms with Gasteiger partial charge in [-0.15, -0.1) is 0 Å². The van der Waals surface area contributed by atoms with Gasteiger partial charge in [-0.3, -0.25) is 15.0 Å². The molecule has 0 aromatic heterocycles. The molecule has 2 aliphatic rings. The zero-order chi connectivity index (χ0) is 18.0. The summed E-state index contributed by atoms with van der Waals surface area (Å²) in [5, 5.41) is 9.22. The number of amides is 1. The van der Waals surface area contributed by atoms with E-state index in [0.717, 1.165) is 12.8 Å². The third-order valence-corrected chi connectivity index (χ3v) is 7.30. The molecule has 1 aromatic rings. The van der Waals surface area contributed by atoms with E-state index in [0.29, 0.717) is 42.6 Å². The second-order valence-corrected chi connectivity index (χ2v) is 9.13. The summed E-state index contributed by atoms with van der Waals surface area (Å²) in [5.74, 6) is -0.409. The zero-order valence-electron chi connectivity index (χ0n) is 13.9. The Bertz CT molecular complexity index is 782. The number of ketones is 1. The van der Waals surface area contributed by atoms with E-state index < -0.39 is 15.8 Å². The van der Waals surface area contributed by atoms with Gasteiger partial charge in [0.15, 0.2) is 9.84 Å². The van der Waals surface area contributed by atoms with Gasteiger partial charge in [-0.05, 0) is 49.3 Å². The van der Waals surface area contributed by atoms with Crippen LogP contribution in [0.3, 0.4) is 0 Å². The summed E-state index contributed by atoms with van der Waals surface area (Å²) in [4.78, 5) is 24.1. The van der Waals surface area contributed by atoms with Gasteiger partial charge < -0.3 is 5.32 Å². The number of Topliss-reactive ketones (excluding diaryl/α,β-unsaturated/α-hetero) is 1. The van der Waals surface area contributed by atoms with Crippen LogP contribution in [0, 0.1) is 11.3 Å². The first kappa shape index (κ1) is 17.8. The van der Waals surface area contributed by atoms with Gasteiger partial charge in [-0.25, -0.2) is 8.42 Å². The number of nitrogens with one attached hydrogen (secondary N) is 2. The highest BCUT2D eigenvalue weighted by molar-refractivity contribution is 7.92. The molecule has 6 nitrogen and oxygen atoms in total. The molecule has 0 spiro atoms. The Morgan fingerprint density at radius 1 is 1.24 bits per heavy atom. The van der Waals surface area contributed by atoms with Gasteiger partial charge >= 0.3 is 0 Å². The molecule has 2 unspecified atom stereocenters. The van der Waals surface area contributed by atoms with Gasteiger partial charge in [0, 0.05) is 12.8 Å². The smallest absolute Gasteiger partial charge is 0.232 e. The minimum atomic E-state index is -3.25. The van der Waals surface area contributed by atoms with Crippen molar-refractivity contribution in [3.8, 4) is 0 Å². The van der Waals surface area contributed by atoms with Crippen molar-refractivity contribution < 1.29 is 18.0 Å². The Morgan fingerprint density at radius 3 is 2.44 bits per heavy atom. The highest BCUT2D eigenvalue weighted by Gasteiger charge is 2.37. The molecule has 2 N–H and O–H groups in total. The fraction of sp³-hybridized carbons (Fsp3) is 0.500. The normalized spacial score (nSPS) is 21.8. The fourth-order valence-electron chi connectivity index (χ4n) is 3.45. The molecule has 2 fully saturated rings. The number of carbonyl (C=O) groups excluding carboxylic acids is 2. The van der Waals surface area contributed by atoms with Crippen LogP contribution in [0.5, 0.6) is 0 Å².